The Morgan fingerprint density at radius 3 is 2.50 bits per heavy atom. The number of anilines is 1. The Morgan fingerprint density at radius 2 is 2.00 bits per heavy atom. The van der Waals surface area contributed by atoms with Gasteiger partial charge in [-0.3, -0.25) is 0 Å². The zero-order valence-corrected chi connectivity index (χ0v) is 10.9. The Kier molecular flexibility index (Phi) is 3.81. The van der Waals surface area contributed by atoms with Crippen molar-refractivity contribution in [2.45, 2.75) is 33.2 Å². The molecule has 88 valence electrons. The van der Waals surface area contributed by atoms with Gasteiger partial charge in [0, 0.05) is 0 Å². The van der Waals surface area contributed by atoms with Crippen LogP contribution in [0.2, 0.25) is 5.02 Å². The molecule has 0 saturated carbocycles. The maximum atomic E-state index is 6.07. The summed E-state index contributed by atoms with van der Waals surface area (Å²) in [5, 5.41) is 3.64. The first-order chi connectivity index (χ1) is 7.28. The summed E-state index contributed by atoms with van der Waals surface area (Å²) in [5.41, 5.74) is 7.47. The number of halogens is 1. The smallest absolute Gasteiger partial charge is 0.193 e. The van der Waals surface area contributed by atoms with Gasteiger partial charge in [-0.2, -0.15) is 0 Å². The third kappa shape index (κ3) is 4.11. The van der Waals surface area contributed by atoms with Crippen molar-refractivity contribution in [2.24, 2.45) is 10.7 Å². The van der Waals surface area contributed by atoms with Gasteiger partial charge in [0.25, 0.3) is 0 Å². The molecular formula is C12H18ClN3. The average Bonchev–Trinajstić information content (AvgIpc) is 2.06. The van der Waals surface area contributed by atoms with Crippen molar-refractivity contribution < 1.29 is 0 Å². The third-order valence-electron chi connectivity index (χ3n) is 1.84. The van der Waals surface area contributed by atoms with Crippen LogP contribution in [-0.4, -0.2) is 11.5 Å². The highest BCUT2D eigenvalue weighted by molar-refractivity contribution is 6.33. The van der Waals surface area contributed by atoms with Crippen LogP contribution >= 0.6 is 11.6 Å². The molecule has 16 heavy (non-hydrogen) atoms. The minimum absolute atomic E-state index is 0.200. The van der Waals surface area contributed by atoms with Gasteiger partial charge in [-0.25, -0.2) is 4.99 Å². The zero-order chi connectivity index (χ0) is 12.3. The lowest BCUT2D eigenvalue weighted by Crippen LogP contribution is -2.27. The highest BCUT2D eigenvalue weighted by atomic mass is 35.5. The molecule has 0 atom stereocenters. The number of nitrogens with one attached hydrogen (secondary N) is 1. The van der Waals surface area contributed by atoms with Crippen LogP contribution < -0.4 is 11.1 Å². The molecule has 0 saturated heterocycles. The number of nitrogens with zero attached hydrogens (tertiary/aromatic N) is 1. The van der Waals surface area contributed by atoms with Gasteiger partial charge in [0.15, 0.2) is 5.96 Å². The van der Waals surface area contributed by atoms with Crippen LogP contribution in [0.5, 0.6) is 0 Å². The van der Waals surface area contributed by atoms with Gasteiger partial charge in [0.05, 0.1) is 16.2 Å². The summed E-state index contributed by atoms with van der Waals surface area (Å²) in [4.78, 5) is 4.29. The molecule has 0 radical (unpaired) electrons. The molecule has 0 fully saturated rings. The molecule has 3 N–H and O–H groups in total. The lowest BCUT2D eigenvalue weighted by molar-refractivity contribution is 0.583. The van der Waals surface area contributed by atoms with Gasteiger partial charge in [-0.1, -0.05) is 17.7 Å². The lowest BCUT2D eigenvalue weighted by Gasteiger charge is -2.15. The van der Waals surface area contributed by atoms with E-state index in [1.54, 1.807) is 0 Å². The summed E-state index contributed by atoms with van der Waals surface area (Å²) >= 11 is 6.07. The fourth-order valence-electron chi connectivity index (χ4n) is 1.25. The first kappa shape index (κ1) is 12.8. The van der Waals surface area contributed by atoms with Crippen LogP contribution in [0.25, 0.3) is 0 Å². The molecule has 1 aromatic carbocycles. The van der Waals surface area contributed by atoms with Gasteiger partial charge in [0.1, 0.15) is 0 Å². The van der Waals surface area contributed by atoms with Crippen molar-refractivity contribution in [3.05, 3.63) is 28.8 Å². The fraction of sp³-hybridized carbons (Fsp3) is 0.417. The number of benzene rings is 1. The van der Waals surface area contributed by atoms with Crippen LogP contribution in [0.4, 0.5) is 5.69 Å². The monoisotopic (exact) mass is 239 g/mol. The normalized spacial score (nSPS) is 12.7. The van der Waals surface area contributed by atoms with Gasteiger partial charge in [-0.15, -0.1) is 0 Å². The maximum Gasteiger partial charge on any atom is 0.193 e. The summed E-state index contributed by atoms with van der Waals surface area (Å²) in [6.45, 7) is 7.94. The van der Waals surface area contributed by atoms with Crippen LogP contribution in [0.1, 0.15) is 26.3 Å². The Bertz CT molecular complexity index is 405. The largest absolute Gasteiger partial charge is 0.370 e. The molecule has 0 bridgehead atoms. The number of rotatable bonds is 1. The van der Waals surface area contributed by atoms with Gasteiger partial charge < -0.3 is 11.1 Å². The predicted molar refractivity (Wildman–Crippen MR) is 71.2 cm³/mol. The number of hydrogen-bond donors (Lipinski definition) is 2. The molecule has 0 unspecified atom stereocenters. The van der Waals surface area contributed by atoms with Crippen molar-refractivity contribution in [3.63, 3.8) is 0 Å². The van der Waals surface area contributed by atoms with Crippen molar-refractivity contribution in [1.82, 2.24) is 0 Å². The van der Waals surface area contributed by atoms with Crippen LogP contribution in [0.3, 0.4) is 0 Å². The molecule has 0 aliphatic heterocycles. The summed E-state index contributed by atoms with van der Waals surface area (Å²) < 4.78 is 0. The molecule has 0 aliphatic carbocycles. The first-order valence-electron chi connectivity index (χ1n) is 5.16. The second-order valence-electron chi connectivity index (χ2n) is 4.78. The minimum Gasteiger partial charge on any atom is -0.370 e. The van der Waals surface area contributed by atoms with Gasteiger partial charge in [0.2, 0.25) is 0 Å². The molecule has 0 heterocycles. The Balaban J connectivity index is 2.85. The molecule has 1 rings (SSSR count). The second-order valence-corrected chi connectivity index (χ2v) is 5.18. The van der Waals surface area contributed by atoms with E-state index in [1.807, 2.05) is 45.9 Å². The summed E-state index contributed by atoms with van der Waals surface area (Å²) in [7, 11) is 0. The van der Waals surface area contributed by atoms with E-state index in [4.69, 9.17) is 17.3 Å². The number of guanidine groups is 1. The van der Waals surface area contributed by atoms with E-state index in [0.29, 0.717) is 11.0 Å². The summed E-state index contributed by atoms with van der Waals surface area (Å²) in [5.74, 6) is 0.373. The molecule has 0 spiro atoms. The van der Waals surface area contributed by atoms with E-state index in [0.717, 1.165) is 11.3 Å². The molecule has 4 heteroatoms. The quantitative estimate of drug-likeness (QED) is 0.584. The van der Waals surface area contributed by atoms with Crippen LogP contribution in [-0.2, 0) is 0 Å². The molecule has 0 aromatic heterocycles. The van der Waals surface area contributed by atoms with E-state index in [1.165, 1.54) is 0 Å². The van der Waals surface area contributed by atoms with E-state index in [-0.39, 0.29) is 5.54 Å². The number of aliphatic imine (C=N–C) groups is 1. The average molecular weight is 240 g/mol. The Hall–Kier alpha value is -1.22. The third-order valence-corrected chi connectivity index (χ3v) is 2.16. The molecule has 3 nitrogen and oxygen atoms in total. The zero-order valence-electron chi connectivity index (χ0n) is 10.1. The van der Waals surface area contributed by atoms with E-state index >= 15 is 0 Å². The predicted octanol–water partition coefficient (Wildman–Crippen LogP) is 3.17. The van der Waals surface area contributed by atoms with Gasteiger partial charge >= 0.3 is 0 Å². The Morgan fingerprint density at radius 1 is 1.38 bits per heavy atom. The molecule has 0 aliphatic rings. The summed E-state index contributed by atoms with van der Waals surface area (Å²) in [6, 6.07) is 5.75. The number of aryl methyl sites for hydroxylation is 1. The number of hydrogen-bond acceptors (Lipinski definition) is 1. The van der Waals surface area contributed by atoms with Crippen LogP contribution in [0.15, 0.2) is 23.2 Å². The summed E-state index contributed by atoms with van der Waals surface area (Å²) in [6.07, 6.45) is 0. The van der Waals surface area contributed by atoms with E-state index in [2.05, 4.69) is 10.3 Å². The second kappa shape index (κ2) is 4.74. The van der Waals surface area contributed by atoms with Crippen LogP contribution in [0, 0.1) is 6.92 Å². The van der Waals surface area contributed by atoms with Crippen molar-refractivity contribution in [1.29, 1.82) is 0 Å². The fourth-order valence-corrected chi connectivity index (χ4v) is 1.53. The number of nitrogens with two attached hydrogens (primary N) is 1. The standard InChI is InChI=1S/C12H18ClN3/c1-8-5-6-10(9(13)7-8)15-11(14)16-12(2,3)4/h5-7H,1-4H3,(H3,14,15,16). The SMILES string of the molecule is Cc1ccc(NC(N)=NC(C)(C)C)c(Cl)c1. The highest BCUT2D eigenvalue weighted by Gasteiger charge is 2.09. The van der Waals surface area contributed by atoms with Crippen molar-refractivity contribution >= 4 is 23.2 Å². The van der Waals surface area contributed by atoms with Crippen molar-refractivity contribution in [3.8, 4) is 0 Å². The van der Waals surface area contributed by atoms with E-state index < -0.39 is 0 Å². The molecular weight excluding hydrogens is 222 g/mol. The van der Waals surface area contributed by atoms with E-state index in [9.17, 15) is 0 Å². The maximum absolute atomic E-state index is 6.07. The minimum atomic E-state index is -0.200. The molecule has 1 aromatic rings. The topological polar surface area (TPSA) is 50.4 Å². The first-order valence-corrected chi connectivity index (χ1v) is 5.54. The highest BCUT2D eigenvalue weighted by Crippen LogP contribution is 2.22. The van der Waals surface area contributed by atoms with Crippen molar-refractivity contribution in [2.75, 3.05) is 5.32 Å². The Labute approximate surface area is 102 Å². The molecule has 0 amide bonds. The lowest BCUT2D eigenvalue weighted by atomic mass is 10.1. The van der Waals surface area contributed by atoms with Gasteiger partial charge in [-0.05, 0) is 45.4 Å².